The highest BCUT2D eigenvalue weighted by atomic mass is 16.2. The number of aromatic nitrogens is 2. The molecule has 3 aliphatic rings. The Morgan fingerprint density at radius 2 is 2.20 bits per heavy atom. The van der Waals surface area contributed by atoms with Crippen LogP contribution in [-0.4, -0.2) is 46.5 Å². The Bertz CT molecular complexity index is 652. The lowest BCUT2D eigenvalue weighted by Gasteiger charge is -2.36. The van der Waals surface area contributed by atoms with Gasteiger partial charge in [0.25, 0.3) is 0 Å². The van der Waals surface area contributed by atoms with Gasteiger partial charge in [-0.25, -0.2) is 0 Å². The standard InChI is InChI=1S/C19H28N4O2/c1-12-7-15-10-21-22-17(15)16(8-12)19(25)23-6-2-3-14(11-23)18(24)20-9-13-4-5-13/h10,12-14,16H,2-9,11H2,1H3,(H,20,24)(H,21,22). The van der Waals surface area contributed by atoms with Crippen molar-refractivity contribution in [2.75, 3.05) is 19.6 Å². The van der Waals surface area contributed by atoms with E-state index in [0.717, 1.165) is 44.5 Å². The largest absolute Gasteiger partial charge is 0.356 e. The summed E-state index contributed by atoms with van der Waals surface area (Å²) in [7, 11) is 0. The maximum absolute atomic E-state index is 13.2. The third-order valence-corrected chi connectivity index (χ3v) is 5.97. The van der Waals surface area contributed by atoms with E-state index >= 15 is 0 Å². The van der Waals surface area contributed by atoms with Crippen LogP contribution in [0.25, 0.3) is 0 Å². The molecule has 2 N–H and O–H groups in total. The van der Waals surface area contributed by atoms with E-state index in [4.69, 9.17) is 0 Å². The number of piperidine rings is 1. The molecular formula is C19H28N4O2. The van der Waals surface area contributed by atoms with Gasteiger partial charge in [-0.05, 0) is 55.9 Å². The molecule has 0 aromatic carbocycles. The zero-order chi connectivity index (χ0) is 17.4. The van der Waals surface area contributed by atoms with Crippen molar-refractivity contribution in [2.24, 2.45) is 17.8 Å². The molecule has 2 aliphatic carbocycles. The highest BCUT2D eigenvalue weighted by molar-refractivity contribution is 5.85. The van der Waals surface area contributed by atoms with Gasteiger partial charge >= 0.3 is 0 Å². The van der Waals surface area contributed by atoms with Crippen LogP contribution in [-0.2, 0) is 16.0 Å². The zero-order valence-corrected chi connectivity index (χ0v) is 15.0. The molecule has 0 spiro atoms. The Kier molecular flexibility index (Phi) is 4.52. The highest BCUT2D eigenvalue weighted by Gasteiger charge is 2.37. The van der Waals surface area contributed by atoms with Gasteiger partial charge in [0.05, 0.1) is 23.7 Å². The van der Waals surface area contributed by atoms with E-state index in [1.54, 1.807) is 0 Å². The number of hydrogen-bond acceptors (Lipinski definition) is 3. The molecule has 0 radical (unpaired) electrons. The molecule has 4 rings (SSSR count). The second kappa shape index (κ2) is 6.81. The van der Waals surface area contributed by atoms with Gasteiger partial charge in [0.15, 0.2) is 0 Å². The van der Waals surface area contributed by atoms with Gasteiger partial charge in [-0.1, -0.05) is 6.92 Å². The number of nitrogens with one attached hydrogen (secondary N) is 2. The summed E-state index contributed by atoms with van der Waals surface area (Å²) in [6.07, 6.45) is 7.98. The van der Waals surface area contributed by atoms with Crippen LogP contribution in [0.2, 0.25) is 0 Å². The maximum atomic E-state index is 13.2. The number of likely N-dealkylation sites (tertiary alicyclic amines) is 1. The van der Waals surface area contributed by atoms with E-state index < -0.39 is 0 Å². The summed E-state index contributed by atoms with van der Waals surface area (Å²) in [5.41, 5.74) is 2.16. The van der Waals surface area contributed by atoms with Crippen LogP contribution in [0.15, 0.2) is 6.20 Å². The summed E-state index contributed by atoms with van der Waals surface area (Å²) in [6.45, 7) is 4.32. The van der Waals surface area contributed by atoms with E-state index in [-0.39, 0.29) is 23.7 Å². The number of nitrogens with zero attached hydrogens (tertiary/aromatic N) is 2. The third kappa shape index (κ3) is 3.58. The minimum atomic E-state index is -0.130. The minimum absolute atomic E-state index is 0.0568. The molecule has 3 atom stereocenters. The van der Waals surface area contributed by atoms with E-state index in [2.05, 4.69) is 22.4 Å². The van der Waals surface area contributed by atoms with E-state index in [1.807, 2.05) is 11.1 Å². The lowest BCUT2D eigenvalue weighted by atomic mass is 9.80. The van der Waals surface area contributed by atoms with Gasteiger partial charge in [0.2, 0.25) is 11.8 Å². The van der Waals surface area contributed by atoms with E-state index in [0.29, 0.717) is 18.4 Å². The fraction of sp³-hybridized carbons (Fsp3) is 0.737. The lowest BCUT2D eigenvalue weighted by Crippen LogP contribution is -2.47. The predicted molar refractivity (Wildman–Crippen MR) is 93.9 cm³/mol. The first-order valence-electron chi connectivity index (χ1n) is 9.70. The van der Waals surface area contributed by atoms with Crippen molar-refractivity contribution in [1.29, 1.82) is 0 Å². The number of rotatable bonds is 4. The van der Waals surface area contributed by atoms with Gasteiger partial charge in [0, 0.05) is 19.6 Å². The highest BCUT2D eigenvalue weighted by Crippen LogP contribution is 2.35. The van der Waals surface area contributed by atoms with Crippen molar-refractivity contribution in [2.45, 2.75) is 51.4 Å². The molecular weight excluding hydrogens is 316 g/mol. The number of carbonyl (C=O) groups is 2. The summed E-state index contributed by atoms with van der Waals surface area (Å²) >= 11 is 0. The number of H-pyrrole nitrogens is 1. The summed E-state index contributed by atoms with van der Waals surface area (Å²) in [5, 5.41) is 10.3. The first-order valence-corrected chi connectivity index (χ1v) is 9.70. The Hall–Kier alpha value is -1.85. The molecule has 25 heavy (non-hydrogen) atoms. The summed E-state index contributed by atoms with van der Waals surface area (Å²) in [5.74, 6) is 1.28. The van der Waals surface area contributed by atoms with Gasteiger partial charge in [-0.15, -0.1) is 0 Å². The Morgan fingerprint density at radius 1 is 1.36 bits per heavy atom. The molecule has 1 aromatic rings. The second-order valence-electron chi connectivity index (χ2n) is 8.22. The fourth-order valence-electron chi connectivity index (χ4n) is 4.31. The van der Waals surface area contributed by atoms with Crippen LogP contribution in [0.5, 0.6) is 0 Å². The van der Waals surface area contributed by atoms with Crippen molar-refractivity contribution in [3.63, 3.8) is 0 Å². The zero-order valence-electron chi connectivity index (χ0n) is 15.0. The predicted octanol–water partition coefficient (Wildman–Crippen LogP) is 1.84. The van der Waals surface area contributed by atoms with Gasteiger partial charge in [-0.2, -0.15) is 5.10 Å². The number of aromatic amines is 1. The molecule has 1 aliphatic heterocycles. The van der Waals surface area contributed by atoms with Gasteiger partial charge in [-0.3, -0.25) is 14.7 Å². The number of carbonyl (C=O) groups excluding carboxylic acids is 2. The molecule has 1 aromatic heterocycles. The number of fused-ring (bicyclic) bond motifs is 1. The molecule has 1 saturated carbocycles. The quantitative estimate of drug-likeness (QED) is 0.875. The van der Waals surface area contributed by atoms with Crippen LogP contribution in [0, 0.1) is 17.8 Å². The monoisotopic (exact) mass is 344 g/mol. The van der Waals surface area contributed by atoms with Crippen molar-refractivity contribution < 1.29 is 9.59 Å². The molecule has 6 heteroatoms. The number of hydrogen-bond donors (Lipinski definition) is 2. The van der Waals surface area contributed by atoms with Crippen molar-refractivity contribution in [3.8, 4) is 0 Å². The molecule has 0 bridgehead atoms. The van der Waals surface area contributed by atoms with Crippen LogP contribution < -0.4 is 5.32 Å². The van der Waals surface area contributed by atoms with Crippen LogP contribution >= 0.6 is 0 Å². The lowest BCUT2D eigenvalue weighted by molar-refractivity contribution is -0.137. The Balaban J connectivity index is 1.41. The topological polar surface area (TPSA) is 78.1 Å². The first-order chi connectivity index (χ1) is 12.1. The molecule has 136 valence electrons. The van der Waals surface area contributed by atoms with E-state index in [9.17, 15) is 9.59 Å². The van der Waals surface area contributed by atoms with Crippen LogP contribution in [0.1, 0.15) is 56.2 Å². The molecule has 3 unspecified atom stereocenters. The average molecular weight is 344 g/mol. The molecule has 1 saturated heterocycles. The number of amides is 2. The van der Waals surface area contributed by atoms with Gasteiger partial charge < -0.3 is 10.2 Å². The summed E-state index contributed by atoms with van der Waals surface area (Å²) in [6, 6.07) is 0. The van der Waals surface area contributed by atoms with Crippen molar-refractivity contribution in [3.05, 3.63) is 17.5 Å². The molecule has 6 nitrogen and oxygen atoms in total. The van der Waals surface area contributed by atoms with Crippen LogP contribution in [0.3, 0.4) is 0 Å². The molecule has 2 amide bonds. The van der Waals surface area contributed by atoms with Crippen molar-refractivity contribution >= 4 is 11.8 Å². The van der Waals surface area contributed by atoms with Gasteiger partial charge in [0.1, 0.15) is 0 Å². The SMILES string of the molecule is CC1Cc2cn[nH]c2C(C(=O)N2CCCC(C(=O)NCC3CC3)C2)C1. The maximum Gasteiger partial charge on any atom is 0.231 e. The third-order valence-electron chi connectivity index (χ3n) is 5.97. The van der Waals surface area contributed by atoms with E-state index in [1.165, 1.54) is 18.4 Å². The summed E-state index contributed by atoms with van der Waals surface area (Å²) < 4.78 is 0. The fourth-order valence-corrected chi connectivity index (χ4v) is 4.31. The minimum Gasteiger partial charge on any atom is -0.356 e. The molecule has 2 heterocycles. The Labute approximate surface area is 148 Å². The normalized spacial score (nSPS) is 29.2. The second-order valence-corrected chi connectivity index (χ2v) is 8.22. The first kappa shape index (κ1) is 16.6. The smallest absolute Gasteiger partial charge is 0.231 e. The van der Waals surface area contributed by atoms with Crippen LogP contribution in [0.4, 0.5) is 0 Å². The average Bonchev–Trinajstić information content (AvgIpc) is 3.34. The summed E-state index contributed by atoms with van der Waals surface area (Å²) in [4.78, 5) is 27.5. The Morgan fingerprint density at radius 3 is 3.00 bits per heavy atom. The van der Waals surface area contributed by atoms with Crippen molar-refractivity contribution in [1.82, 2.24) is 20.4 Å². The molecule has 2 fully saturated rings.